The van der Waals surface area contributed by atoms with Crippen LogP contribution < -0.4 is 0 Å². The molecule has 0 N–H and O–H groups in total. The topological polar surface area (TPSA) is 48.8 Å². The molecular formula is C46H28N4O. The Morgan fingerprint density at radius 1 is 0.392 bits per heavy atom. The van der Waals surface area contributed by atoms with Gasteiger partial charge in [-0.25, -0.2) is 9.97 Å². The quantitative estimate of drug-likeness (QED) is 0.190. The van der Waals surface area contributed by atoms with Crippen molar-refractivity contribution in [3.8, 4) is 34.0 Å². The highest BCUT2D eigenvalue weighted by molar-refractivity contribution is 6.19. The molecule has 4 aromatic heterocycles. The fraction of sp³-hybridized carbons (Fsp3) is 0. The van der Waals surface area contributed by atoms with Crippen molar-refractivity contribution >= 4 is 65.7 Å². The van der Waals surface area contributed by atoms with Crippen LogP contribution in [-0.2, 0) is 0 Å². The van der Waals surface area contributed by atoms with Crippen molar-refractivity contribution in [2.75, 3.05) is 0 Å². The van der Waals surface area contributed by atoms with Crippen LogP contribution in [0.15, 0.2) is 174 Å². The van der Waals surface area contributed by atoms with Gasteiger partial charge in [0.25, 0.3) is 0 Å². The summed E-state index contributed by atoms with van der Waals surface area (Å²) >= 11 is 0. The van der Waals surface area contributed by atoms with Crippen molar-refractivity contribution in [1.29, 1.82) is 0 Å². The van der Waals surface area contributed by atoms with Crippen LogP contribution in [0.4, 0.5) is 0 Å². The van der Waals surface area contributed by atoms with Crippen molar-refractivity contribution < 1.29 is 4.42 Å². The molecule has 51 heavy (non-hydrogen) atoms. The molecule has 0 saturated carbocycles. The van der Waals surface area contributed by atoms with Crippen molar-refractivity contribution in [3.05, 3.63) is 170 Å². The lowest BCUT2D eigenvalue weighted by Crippen LogP contribution is -1.98. The number of benzene rings is 7. The first-order chi connectivity index (χ1) is 25.3. The molecule has 0 aliphatic heterocycles. The second kappa shape index (κ2) is 10.8. The SMILES string of the molecule is c1ccc(-c2nc(-c3cccc(-n4c5ccccc5c5cc6c7ccccc7n(-c7ccccc7)c6cc54)c3)nc3c2oc2ccccc23)cc1. The highest BCUT2D eigenvalue weighted by Crippen LogP contribution is 2.40. The summed E-state index contributed by atoms with van der Waals surface area (Å²) in [6.07, 6.45) is 0. The first kappa shape index (κ1) is 27.9. The summed E-state index contributed by atoms with van der Waals surface area (Å²) < 4.78 is 11.1. The fourth-order valence-corrected chi connectivity index (χ4v) is 7.86. The van der Waals surface area contributed by atoms with Crippen molar-refractivity contribution in [2.24, 2.45) is 0 Å². The largest absolute Gasteiger partial charge is 0.452 e. The summed E-state index contributed by atoms with van der Waals surface area (Å²) in [6.45, 7) is 0. The number of aromatic nitrogens is 4. The van der Waals surface area contributed by atoms with E-state index in [1.54, 1.807) is 0 Å². The standard InChI is InChI=1S/C46H28N4O/c1-3-14-29(15-4-1)43-45-44(35-22-9-12-25-42(35)51-45)48-46(47-43)30-16-13-19-32(26-30)50-39-24-11-8-21-34(39)37-27-36-33-20-7-10-23-38(33)49(40(36)28-41(37)50)31-17-5-2-6-18-31/h1-28H. The van der Waals surface area contributed by atoms with Crippen LogP contribution in [0.2, 0.25) is 0 Å². The summed E-state index contributed by atoms with van der Waals surface area (Å²) in [7, 11) is 0. The van der Waals surface area contributed by atoms with Gasteiger partial charge in [-0.3, -0.25) is 0 Å². The number of hydrogen-bond acceptors (Lipinski definition) is 3. The van der Waals surface area contributed by atoms with Gasteiger partial charge in [-0.1, -0.05) is 109 Å². The Morgan fingerprint density at radius 2 is 0.961 bits per heavy atom. The normalized spacial score (nSPS) is 11.9. The molecule has 11 rings (SSSR count). The van der Waals surface area contributed by atoms with E-state index in [9.17, 15) is 0 Å². The molecule has 0 amide bonds. The molecule has 4 heterocycles. The molecule has 0 radical (unpaired) electrons. The number of rotatable bonds is 4. The van der Waals surface area contributed by atoms with E-state index in [4.69, 9.17) is 14.4 Å². The molecule has 0 fully saturated rings. The van der Waals surface area contributed by atoms with Crippen LogP contribution in [0.25, 0.3) is 99.7 Å². The lowest BCUT2D eigenvalue weighted by atomic mass is 10.1. The van der Waals surface area contributed by atoms with E-state index in [0.29, 0.717) is 11.4 Å². The molecule has 0 aliphatic carbocycles. The Balaban J connectivity index is 1.18. The van der Waals surface area contributed by atoms with E-state index < -0.39 is 0 Å². The van der Waals surface area contributed by atoms with Gasteiger partial charge in [0, 0.05) is 49.4 Å². The van der Waals surface area contributed by atoms with E-state index in [-0.39, 0.29) is 0 Å². The van der Waals surface area contributed by atoms with Crippen molar-refractivity contribution in [1.82, 2.24) is 19.1 Å². The third-order valence-corrected chi connectivity index (χ3v) is 10.1. The summed E-state index contributed by atoms with van der Waals surface area (Å²) in [6, 6.07) is 59.6. The lowest BCUT2D eigenvalue weighted by molar-refractivity contribution is 0.667. The molecule has 7 aromatic carbocycles. The predicted octanol–water partition coefficient (Wildman–Crippen LogP) is 11.9. The average Bonchev–Trinajstić information content (AvgIpc) is 3.85. The van der Waals surface area contributed by atoms with Gasteiger partial charge in [-0.15, -0.1) is 0 Å². The summed E-state index contributed by atoms with van der Waals surface area (Å²) in [5.74, 6) is 0.655. The third-order valence-electron chi connectivity index (χ3n) is 10.1. The molecule has 5 nitrogen and oxygen atoms in total. The number of fused-ring (bicyclic) bond motifs is 9. The predicted molar refractivity (Wildman–Crippen MR) is 209 cm³/mol. The van der Waals surface area contributed by atoms with Crippen LogP contribution in [0.3, 0.4) is 0 Å². The van der Waals surface area contributed by atoms with Crippen molar-refractivity contribution in [2.45, 2.75) is 0 Å². The minimum absolute atomic E-state index is 0.655. The monoisotopic (exact) mass is 652 g/mol. The number of hydrogen-bond donors (Lipinski definition) is 0. The van der Waals surface area contributed by atoms with Gasteiger partial charge in [-0.2, -0.15) is 0 Å². The van der Waals surface area contributed by atoms with Crippen LogP contribution >= 0.6 is 0 Å². The van der Waals surface area contributed by atoms with Gasteiger partial charge < -0.3 is 13.6 Å². The highest BCUT2D eigenvalue weighted by Gasteiger charge is 2.21. The first-order valence-electron chi connectivity index (χ1n) is 17.2. The minimum Gasteiger partial charge on any atom is -0.452 e. The minimum atomic E-state index is 0.655. The Hall–Kier alpha value is -6.98. The summed E-state index contributed by atoms with van der Waals surface area (Å²) in [5, 5.41) is 5.88. The molecule has 5 heteroatoms. The van der Waals surface area contributed by atoms with E-state index in [1.165, 1.54) is 32.6 Å². The molecule has 11 aromatic rings. The Morgan fingerprint density at radius 3 is 1.69 bits per heavy atom. The molecule has 238 valence electrons. The van der Waals surface area contributed by atoms with Gasteiger partial charge in [0.15, 0.2) is 11.4 Å². The maximum atomic E-state index is 6.38. The highest BCUT2D eigenvalue weighted by atomic mass is 16.3. The maximum absolute atomic E-state index is 6.38. The summed E-state index contributed by atoms with van der Waals surface area (Å²) in [4.78, 5) is 10.3. The van der Waals surface area contributed by atoms with Gasteiger partial charge in [0.05, 0.1) is 22.1 Å². The number of furan rings is 1. The van der Waals surface area contributed by atoms with Gasteiger partial charge in [-0.05, 0) is 60.7 Å². The fourth-order valence-electron chi connectivity index (χ4n) is 7.86. The van der Waals surface area contributed by atoms with Crippen LogP contribution in [0.1, 0.15) is 0 Å². The lowest BCUT2D eigenvalue weighted by Gasteiger charge is -2.12. The van der Waals surface area contributed by atoms with E-state index in [0.717, 1.165) is 55.7 Å². The van der Waals surface area contributed by atoms with E-state index in [2.05, 4.69) is 143 Å². The van der Waals surface area contributed by atoms with Gasteiger partial charge in [0.1, 0.15) is 16.8 Å². The molecule has 0 spiro atoms. The van der Waals surface area contributed by atoms with E-state index >= 15 is 0 Å². The number of para-hydroxylation sites is 4. The van der Waals surface area contributed by atoms with Gasteiger partial charge in [0.2, 0.25) is 0 Å². The second-order valence-electron chi connectivity index (χ2n) is 13.0. The Labute approximate surface area is 292 Å². The molecule has 0 saturated heterocycles. The summed E-state index contributed by atoms with van der Waals surface area (Å²) in [5.41, 5.74) is 11.8. The molecule has 0 aliphatic rings. The third kappa shape index (κ3) is 4.15. The van der Waals surface area contributed by atoms with Crippen LogP contribution in [0, 0.1) is 0 Å². The molecular weight excluding hydrogens is 625 g/mol. The molecule has 0 atom stereocenters. The van der Waals surface area contributed by atoms with Crippen LogP contribution in [0.5, 0.6) is 0 Å². The maximum Gasteiger partial charge on any atom is 0.180 e. The zero-order chi connectivity index (χ0) is 33.5. The second-order valence-corrected chi connectivity index (χ2v) is 13.0. The van der Waals surface area contributed by atoms with Gasteiger partial charge >= 0.3 is 0 Å². The smallest absolute Gasteiger partial charge is 0.180 e. The zero-order valence-corrected chi connectivity index (χ0v) is 27.4. The molecule has 0 unspecified atom stereocenters. The zero-order valence-electron chi connectivity index (χ0n) is 27.4. The van der Waals surface area contributed by atoms with Crippen molar-refractivity contribution in [3.63, 3.8) is 0 Å². The van der Waals surface area contributed by atoms with Crippen LogP contribution in [-0.4, -0.2) is 19.1 Å². The Bertz CT molecular complexity index is 3130. The average molecular weight is 653 g/mol. The van der Waals surface area contributed by atoms with E-state index in [1.807, 2.05) is 36.4 Å². The number of nitrogens with zero attached hydrogens (tertiary/aromatic N) is 4. The first-order valence-corrected chi connectivity index (χ1v) is 17.2. The Kier molecular flexibility index (Phi) is 5.89. The molecule has 0 bridgehead atoms.